The van der Waals surface area contributed by atoms with Crippen LogP contribution in [0.5, 0.6) is 5.75 Å². The minimum atomic E-state index is 0.122. The first-order valence-corrected chi connectivity index (χ1v) is 11.4. The molecule has 0 saturated carbocycles. The predicted octanol–water partition coefficient (Wildman–Crippen LogP) is 5.98. The number of fused-ring (bicyclic) bond motifs is 3. The quantitative estimate of drug-likeness (QED) is 0.284. The van der Waals surface area contributed by atoms with Crippen molar-refractivity contribution >= 4 is 21.9 Å². The lowest BCUT2D eigenvalue weighted by Gasteiger charge is -2.20. The molecule has 0 spiro atoms. The molecule has 0 radical (unpaired) electrons. The van der Waals surface area contributed by atoms with Crippen LogP contribution in [0, 0.1) is 0 Å². The van der Waals surface area contributed by atoms with E-state index in [0.717, 1.165) is 39.7 Å². The van der Waals surface area contributed by atoms with Crippen molar-refractivity contribution in [1.29, 1.82) is 0 Å². The van der Waals surface area contributed by atoms with Gasteiger partial charge in [-0.05, 0) is 42.7 Å². The third-order valence-electron chi connectivity index (χ3n) is 5.86. The molecule has 2 heterocycles. The lowest BCUT2D eigenvalue weighted by molar-refractivity contribution is 0.114. The molecule has 0 aliphatic carbocycles. The monoisotopic (exact) mass is 437 g/mol. The number of hydrogen-bond acceptors (Lipinski definition) is 4. The first-order chi connectivity index (χ1) is 16.3. The van der Waals surface area contributed by atoms with Gasteiger partial charge in [0.2, 0.25) is 0 Å². The maximum atomic E-state index is 5.95. The second kappa shape index (κ2) is 9.84. The van der Waals surface area contributed by atoms with Crippen molar-refractivity contribution in [3.63, 3.8) is 0 Å². The number of pyridine rings is 1. The lowest BCUT2D eigenvalue weighted by atomic mass is 10.1. The molecule has 2 aromatic heterocycles. The first-order valence-electron chi connectivity index (χ1n) is 11.4. The molecular formula is C28H27N3O2. The molecule has 0 aliphatic rings. The van der Waals surface area contributed by atoms with E-state index in [4.69, 9.17) is 9.47 Å². The number of ether oxygens (including phenoxy) is 2. The molecule has 3 aromatic carbocycles. The molecule has 0 amide bonds. The summed E-state index contributed by atoms with van der Waals surface area (Å²) in [4.78, 5) is 9.19. The average Bonchev–Trinajstić information content (AvgIpc) is 3.31. The van der Waals surface area contributed by atoms with Crippen LogP contribution in [-0.4, -0.2) is 27.7 Å². The Balaban J connectivity index is 1.38. The van der Waals surface area contributed by atoms with E-state index in [-0.39, 0.29) is 6.04 Å². The summed E-state index contributed by atoms with van der Waals surface area (Å²) >= 11 is 0. The van der Waals surface area contributed by atoms with Crippen LogP contribution >= 0.6 is 0 Å². The summed E-state index contributed by atoms with van der Waals surface area (Å²) in [7, 11) is 0. The molecule has 0 unspecified atom stereocenters. The average molecular weight is 438 g/mol. The number of hydrogen-bond donors (Lipinski definition) is 0. The normalized spacial score (nSPS) is 12.3. The van der Waals surface area contributed by atoms with Crippen molar-refractivity contribution in [3.8, 4) is 5.75 Å². The summed E-state index contributed by atoms with van der Waals surface area (Å²) in [6.07, 6.45) is 4.60. The van der Waals surface area contributed by atoms with Crippen molar-refractivity contribution in [1.82, 2.24) is 14.5 Å². The molecule has 0 aliphatic heterocycles. The maximum Gasteiger partial charge on any atom is 0.119 e. The largest absolute Gasteiger partial charge is 0.489 e. The molecule has 33 heavy (non-hydrogen) atoms. The van der Waals surface area contributed by atoms with Crippen LogP contribution in [0.1, 0.15) is 24.1 Å². The van der Waals surface area contributed by atoms with E-state index in [0.29, 0.717) is 19.8 Å². The number of benzene rings is 3. The Morgan fingerprint density at radius 3 is 2.42 bits per heavy atom. The summed E-state index contributed by atoms with van der Waals surface area (Å²) in [5, 5.41) is 1.11. The molecule has 0 bridgehead atoms. The van der Waals surface area contributed by atoms with Crippen molar-refractivity contribution in [2.45, 2.75) is 26.0 Å². The maximum absolute atomic E-state index is 5.95. The van der Waals surface area contributed by atoms with Crippen molar-refractivity contribution in [2.75, 3.05) is 13.2 Å². The molecule has 0 N–H and O–H groups in total. The lowest BCUT2D eigenvalue weighted by Crippen LogP contribution is -2.17. The van der Waals surface area contributed by atoms with Crippen molar-refractivity contribution in [3.05, 3.63) is 103 Å². The Bertz CT molecular complexity index is 1330. The molecule has 5 nitrogen and oxygen atoms in total. The highest BCUT2D eigenvalue weighted by molar-refractivity contribution is 6.02. The highest BCUT2D eigenvalue weighted by Crippen LogP contribution is 2.28. The Morgan fingerprint density at radius 2 is 1.61 bits per heavy atom. The zero-order valence-electron chi connectivity index (χ0n) is 18.7. The highest BCUT2D eigenvalue weighted by Gasteiger charge is 2.17. The topological polar surface area (TPSA) is 49.2 Å². The fraction of sp³-hybridized carbons (Fsp3) is 0.214. The van der Waals surface area contributed by atoms with Gasteiger partial charge in [0.25, 0.3) is 0 Å². The van der Waals surface area contributed by atoms with Gasteiger partial charge in [-0.3, -0.25) is 4.98 Å². The van der Waals surface area contributed by atoms with Gasteiger partial charge in [-0.1, -0.05) is 60.7 Å². The van der Waals surface area contributed by atoms with E-state index >= 15 is 0 Å². The van der Waals surface area contributed by atoms with Crippen molar-refractivity contribution in [2.24, 2.45) is 0 Å². The van der Waals surface area contributed by atoms with Gasteiger partial charge in [0, 0.05) is 12.0 Å². The number of para-hydroxylation sites is 1. The van der Waals surface area contributed by atoms with E-state index in [2.05, 4.69) is 44.9 Å². The zero-order valence-corrected chi connectivity index (χ0v) is 18.7. The van der Waals surface area contributed by atoms with Gasteiger partial charge in [0.15, 0.2) is 0 Å². The Hall–Kier alpha value is -3.70. The van der Waals surface area contributed by atoms with E-state index in [1.165, 1.54) is 5.56 Å². The molecule has 0 saturated heterocycles. The van der Waals surface area contributed by atoms with Crippen LogP contribution in [0.4, 0.5) is 0 Å². The van der Waals surface area contributed by atoms with Gasteiger partial charge in [-0.2, -0.15) is 0 Å². The predicted molar refractivity (Wildman–Crippen MR) is 131 cm³/mol. The summed E-state index contributed by atoms with van der Waals surface area (Å²) in [6.45, 7) is 3.89. The fourth-order valence-corrected chi connectivity index (χ4v) is 4.17. The molecule has 5 aromatic rings. The number of rotatable bonds is 9. The smallest absolute Gasteiger partial charge is 0.119 e. The minimum Gasteiger partial charge on any atom is -0.489 e. The van der Waals surface area contributed by atoms with E-state index in [1.54, 1.807) is 0 Å². The Kier molecular flexibility index (Phi) is 6.31. The molecule has 166 valence electrons. The second-order valence-electron chi connectivity index (χ2n) is 8.10. The second-order valence-corrected chi connectivity index (χ2v) is 8.10. The molecule has 1 atom stereocenters. The third kappa shape index (κ3) is 4.73. The van der Waals surface area contributed by atoms with Crippen LogP contribution in [0.2, 0.25) is 0 Å². The minimum absolute atomic E-state index is 0.122. The Labute approximate surface area is 193 Å². The van der Waals surface area contributed by atoms with Crippen LogP contribution in [0.25, 0.3) is 21.9 Å². The van der Waals surface area contributed by atoms with Crippen LogP contribution < -0.4 is 4.74 Å². The van der Waals surface area contributed by atoms with Gasteiger partial charge >= 0.3 is 0 Å². The van der Waals surface area contributed by atoms with Crippen LogP contribution in [0.15, 0.2) is 91.4 Å². The molecule has 0 fully saturated rings. The number of imidazole rings is 1. The van der Waals surface area contributed by atoms with Gasteiger partial charge < -0.3 is 14.0 Å². The number of aromatic nitrogens is 3. The van der Waals surface area contributed by atoms with Gasteiger partial charge in [0.1, 0.15) is 17.9 Å². The third-order valence-corrected chi connectivity index (χ3v) is 5.86. The summed E-state index contributed by atoms with van der Waals surface area (Å²) in [5.74, 6) is 0.870. The zero-order chi connectivity index (χ0) is 22.5. The summed E-state index contributed by atoms with van der Waals surface area (Å²) in [5.41, 5.74) is 5.37. The van der Waals surface area contributed by atoms with Gasteiger partial charge in [0.05, 0.1) is 36.2 Å². The summed E-state index contributed by atoms with van der Waals surface area (Å²) < 4.78 is 14.1. The Morgan fingerprint density at radius 1 is 0.818 bits per heavy atom. The van der Waals surface area contributed by atoms with Crippen molar-refractivity contribution < 1.29 is 9.47 Å². The van der Waals surface area contributed by atoms with Gasteiger partial charge in [-0.15, -0.1) is 0 Å². The molecule has 5 rings (SSSR count). The van der Waals surface area contributed by atoms with E-state index in [1.807, 2.05) is 68.0 Å². The molecular weight excluding hydrogens is 410 g/mol. The van der Waals surface area contributed by atoms with Crippen LogP contribution in [-0.2, 0) is 17.8 Å². The van der Waals surface area contributed by atoms with E-state index < -0.39 is 0 Å². The number of nitrogens with zero attached hydrogens (tertiary/aromatic N) is 3. The molecule has 5 heteroatoms. The summed E-state index contributed by atoms with van der Waals surface area (Å²) in [6, 6.07) is 26.9. The van der Waals surface area contributed by atoms with E-state index in [9.17, 15) is 0 Å². The highest BCUT2D eigenvalue weighted by atomic mass is 16.5. The SMILES string of the molecule is CCOC[C@H](Cc1ccc(OCc2ccccc2)cc1)n1cnc2cnc3ccccc3c21. The standard InChI is InChI=1S/C28H27N3O2/c1-2-32-19-23(31-20-30-27-17-29-26-11-7-6-10-25(26)28(27)31)16-21-12-14-24(15-13-21)33-18-22-8-4-3-5-9-22/h3-15,17,20,23H,2,16,18-19H2,1H3/t23-/m0/s1. The fourth-order valence-electron chi connectivity index (χ4n) is 4.17. The first kappa shape index (κ1) is 21.2. The van der Waals surface area contributed by atoms with Crippen LogP contribution in [0.3, 0.4) is 0 Å². The van der Waals surface area contributed by atoms with Gasteiger partial charge in [-0.25, -0.2) is 4.98 Å².